The molecule has 0 saturated carbocycles. The van der Waals surface area contributed by atoms with Gasteiger partial charge < -0.3 is 9.47 Å². The van der Waals surface area contributed by atoms with E-state index in [2.05, 4.69) is 32.8 Å². The lowest BCUT2D eigenvalue weighted by Gasteiger charge is -2.09. The molecule has 2 rings (SSSR count). The van der Waals surface area contributed by atoms with E-state index in [9.17, 15) is 0 Å². The van der Waals surface area contributed by atoms with Crippen LogP contribution in [0.3, 0.4) is 0 Å². The maximum atomic E-state index is 5.64. The summed E-state index contributed by atoms with van der Waals surface area (Å²) in [6, 6.07) is 8.82. The molecule has 0 N–H and O–H groups in total. The summed E-state index contributed by atoms with van der Waals surface area (Å²) in [5.74, 6) is 1.81. The molecule has 1 aromatic heterocycles. The Morgan fingerprint density at radius 2 is 1.88 bits per heavy atom. The second-order valence-electron chi connectivity index (χ2n) is 3.07. The molecule has 0 aliphatic heterocycles. The SMILES string of the molecule is COc1cccc(Oc2ccc(Cl)nn2)c1I. The van der Waals surface area contributed by atoms with Crippen molar-refractivity contribution < 1.29 is 9.47 Å². The largest absolute Gasteiger partial charge is 0.496 e. The van der Waals surface area contributed by atoms with Crippen LogP contribution in [-0.2, 0) is 0 Å². The summed E-state index contributed by atoms with van der Waals surface area (Å²) < 4.78 is 11.7. The normalized spacial score (nSPS) is 10.1. The number of hydrogen-bond donors (Lipinski definition) is 0. The average molecular weight is 363 g/mol. The molecule has 0 fully saturated rings. The third kappa shape index (κ3) is 2.98. The highest BCUT2D eigenvalue weighted by Gasteiger charge is 2.08. The minimum absolute atomic E-state index is 0.331. The fourth-order valence-electron chi connectivity index (χ4n) is 1.20. The highest BCUT2D eigenvalue weighted by Crippen LogP contribution is 2.32. The Balaban J connectivity index is 2.27. The summed E-state index contributed by atoms with van der Waals surface area (Å²) >= 11 is 7.79. The molecule has 0 spiro atoms. The van der Waals surface area contributed by atoms with E-state index >= 15 is 0 Å². The fraction of sp³-hybridized carbons (Fsp3) is 0.0909. The number of benzene rings is 1. The molecule has 0 bridgehead atoms. The second-order valence-corrected chi connectivity index (χ2v) is 4.53. The van der Waals surface area contributed by atoms with Gasteiger partial charge in [-0.2, -0.15) is 0 Å². The highest BCUT2D eigenvalue weighted by atomic mass is 127. The fourth-order valence-corrected chi connectivity index (χ4v) is 1.99. The Labute approximate surface area is 117 Å². The van der Waals surface area contributed by atoms with Gasteiger partial charge in [-0.15, -0.1) is 10.2 Å². The van der Waals surface area contributed by atoms with Crippen LogP contribution in [-0.4, -0.2) is 17.3 Å². The Morgan fingerprint density at radius 1 is 1.12 bits per heavy atom. The average Bonchev–Trinajstić information content (AvgIpc) is 2.35. The van der Waals surface area contributed by atoms with Gasteiger partial charge in [0.1, 0.15) is 11.5 Å². The van der Waals surface area contributed by atoms with Gasteiger partial charge in [-0.3, -0.25) is 0 Å². The van der Waals surface area contributed by atoms with Gasteiger partial charge in [0.25, 0.3) is 0 Å². The monoisotopic (exact) mass is 362 g/mol. The van der Waals surface area contributed by atoms with Gasteiger partial charge >= 0.3 is 0 Å². The molecule has 1 aromatic carbocycles. The van der Waals surface area contributed by atoms with E-state index in [1.165, 1.54) is 0 Å². The molecular formula is C11H8ClIN2O2. The zero-order chi connectivity index (χ0) is 12.3. The van der Waals surface area contributed by atoms with Gasteiger partial charge in [-0.25, -0.2) is 0 Å². The van der Waals surface area contributed by atoms with Gasteiger partial charge in [0, 0.05) is 6.07 Å². The molecule has 0 saturated heterocycles. The first-order valence-electron chi connectivity index (χ1n) is 4.70. The summed E-state index contributed by atoms with van der Waals surface area (Å²) in [4.78, 5) is 0. The van der Waals surface area contributed by atoms with Crippen molar-refractivity contribution in [2.75, 3.05) is 7.11 Å². The van der Waals surface area contributed by atoms with Crippen molar-refractivity contribution in [1.82, 2.24) is 10.2 Å². The van der Waals surface area contributed by atoms with Gasteiger partial charge in [-0.05, 0) is 40.8 Å². The van der Waals surface area contributed by atoms with Crippen LogP contribution in [0.15, 0.2) is 30.3 Å². The zero-order valence-corrected chi connectivity index (χ0v) is 11.8. The van der Waals surface area contributed by atoms with Crippen molar-refractivity contribution in [3.63, 3.8) is 0 Å². The number of halogens is 2. The van der Waals surface area contributed by atoms with Gasteiger partial charge in [-0.1, -0.05) is 17.7 Å². The van der Waals surface area contributed by atoms with Crippen LogP contribution >= 0.6 is 34.2 Å². The molecule has 0 amide bonds. The first-order valence-corrected chi connectivity index (χ1v) is 6.16. The Morgan fingerprint density at radius 3 is 2.53 bits per heavy atom. The topological polar surface area (TPSA) is 44.2 Å². The number of nitrogens with zero attached hydrogens (tertiary/aromatic N) is 2. The Hall–Kier alpha value is -1.08. The van der Waals surface area contributed by atoms with Crippen molar-refractivity contribution in [3.05, 3.63) is 39.1 Å². The van der Waals surface area contributed by atoms with E-state index in [-0.39, 0.29) is 0 Å². The van der Waals surface area contributed by atoms with Crippen LogP contribution < -0.4 is 9.47 Å². The zero-order valence-electron chi connectivity index (χ0n) is 8.85. The van der Waals surface area contributed by atoms with E-state index in [4.69, 9.17) is 21.1 Å². The first kappa shape index (κ1) is 12.4. The van der Waals surface area contributed by atoms with E-state index in [0.29, 0.717) is 16.8 Å². The molecule has 4 nitrogen and oxygen atoms in total. The van der Waals surface area contributed by atoms with E-state index < -0.39 is 0 Å². The van der Waals surface area contributed by atoms with Crippen molar-refractivity contribution >= 4 is 34.2 Å². The molecule has 6 heteroatoms. The quantitative estimate of drug-likeness (QED) is 0.784. The number of ether oxygens (including phenoxy) is 2. The lowest BCUT2D eigenvalue weighted by atomic mass is 10.3. The Kier molecular flexibility index (Phi) is 4.01. The van der Waals surface area contributed by atoms with E-state index in [1.54, 1.807) is 19.2 Å². The van der Waals surface area contributed by atoms with Crippen LogP contribution in [0.4, 0.5) is 0 Å². The molecule has 1 heterocycles. The number of methoxy groups -OCH3 is 1. The summed E-state index contributed by atoms with van der Waals surface area (Å²) in [5, 5.41) is 7.86. The number of aromatic nitrogens is 2. The maximum absolute atomic E-state index is 5.64. The van der Waals surface area contributed by atoms with Crippen LogP contribution in [0.1, 0.15) is 0 Å². The van der Waals surface area contributed by atoms with E-state index in [0.717, 1.165) is 9.32 Å². The van der Waals surface area contributed by atoms with Crippen LogP contribution in [0.5, 0.6) is 17.4 Å². The van der Waals surface area contributed by atoms with Crippen molar-refractivity contribution in [1.29, 1.82) is 0 Å². The number of rotatable bonds is 3. The maximum Gasteiger partial charge on any atom is 0.238 e. The van der Waals surface area contributed by atoms with Gasteiger partial charge in [0.2, 0.25) is 5.88 Å². The smallest absolute Gasteiger partial charge is 0.238 e. The summed E-state index contributed by atoms with van der Waals surface area (Å²) in [7, 11) is 1.61. The number of hydrogen-bond acceptors (Lipinski definition) is 4. The van der Waals surface area contributed by atoms with Crippen molar-refractivity contribution in [3.8, 4) is 17.4 Å². The minimum atomic E-state index is 0.331. The lowest BCUT2D eigenvalue weighted by molar-refractivity contribution is 0.402. The molecular weight excluding hydrogens is 354 g/mol. The molecule has 0 atom stereocenters. The van der Waals surface area contributed by atoms with Crippen molar-refractivity contribution in [2.45, 2.75) is 0 Å². The molecule has 17 heavy (non-hydrogen) atoms. The Bertz CT molecular complexity index is 519. The third-order valence-corrected chi connectivity index (χ3v) is 3.23. The molecule has 2 aromatic rings. The highest BCUT2D eigenvalue weighted by molar-refractivity contribution is 14.1. The summed E-state index contributed by atoms with van der Waals surface area (Å²) in [6.07, 6.45) is 0. The minimum Gasteiger partial charge on any atom is -0.496 e. The standard InChI is InChI=1S/C11H8ClIN2O2/c1-16-7-3-2-4-8(11(7)13)17-10-6-5-9(12)14-15-10/h2-6H,1H3. The second kappa shape index (κ2) is 5.50. The first-order chi connectivity index (χ1) is 8.20. The molecule has 0 aliphatic carbocycles. The van der Waals surface area contributed by atoms with Crippen LogP contribution in [0.25, 0.3) is 0 Å². The molecule has 0 unspecified atom stereocenters. The van der Waals surface area contributed by atoms with Crippen LogP contribution in [0, 0.1) is 3.57 Å². The summed E-state index contributed by atoms with van der Waals surface area (Å²) in [6.45, 7) is 0. The summed E-state index contributed by atoms with van der Waals surface area (Å²) in [5.41, 5.74) is 0. The molecule has 0 radical (unpaired) electrons. The predicted molar refractivity (Wildman–Crippen MR) is 72.8 cm³/mol. The van der Waals surface area contributed by atoms with Crippen LogP contribution in [0.2, 0.25) is 5.15 Å². The predicted octanol–water partition coefficient (Wildman–Crippen LogP) is 3.54. The van der Waals surface area contributed by atoms with Gasteiger partial charge in [0.15, 0.2) is 5.15 Å². The third-order valence-electron chi connectivity index (χ3n) is 1.97. The lowest BCUT2D eigenvalue weighted by Crippen LogP contribution is -1.94. The van der Waals surface area contributed by atoms with E-state index in [1.807, 2.05) is 18.2 Å². The molecule has 0 aliphatic rings. The van der Waals surface area contributed by atoms with Gasteiger partial charge in [0.05, 0.1) is 10.7 Å². The molecule has 88 valence electrons. The van der Waals surface area contributed by atoms with Crippen molar-refractivity contribution in [2.24, 2.45) is 0 Å².